The number of hydrogen-bond donors (Lipinski definition) is 2. The number of benzene rings is 1. The van der Waals surface area contributed by atoms with E-state index in [4.69, 9.17) is 0 Å². The Morgan fingerprint density at radius 2 is 1.38 bits per heavy atom. The molecule has 2 aromatic heterocycles. The van der Waals surface area contributed by atoms with E-state index in [9.17, 15) is 9.90 Å². The molecule has 0 fully saturated rings. The molecule has 0 unspecified atom stereocenters. The summed E-state index contributed by atoms with van der Waals surface area (Å²) in [5.41, 5.74) is 3.74. The predicted octanol–water partition coefficient (Wildman–Crippen LogP) is 9.38. The normalized spacial score (nSPS) is 11.0. The molecule has 2 heterocycles. The molecule has 0 aliphatic carbocycles. The van der Waals surface area contributed by atoms with Crippen LogP contribution in [0.5, 0.6) is 0 Å². The fraction of sp³-hybridized carbons (Fsp3) is 0.444. The molecule has 3 rings (SSSR count). The molecule has 172 valence electrons. The van der Waals surface area contributed by atoms with E-state index in [0.29, 0.717) is 5.56 Å². The Balaban J connectivity index is 1.41. The van der Waals surface area contributed by atoms with Crippen LogP contribution in [-0.2, 0) is 6.42 Å². The van der Waals surface area contributed by atoms with Gasteiger partial charge in [-0.3, -0.25) is 0 Å². The highest BCUT2D eigenvalue weighted by molar-refractivity contribution is 7.21. The second-order valence-corrected chi connectivity index (χ2v) is 10.2. The number of carboxylic acid groups (broad SMARTS) is 1. The van der Waals surface area contributed by atoms with Crippen molar-refractivity contribution in [1.29, 1.82) is 0 Å². The Kier molecular flexibility index (Phi) is 10.3. The van der Waals surface area contributed by atoms with Crippen LogP contribution >= 0.6 is 22.7 Å². The van der Waals surface area contributed by atoms with Crippen LogP contribution in [0.25, 0.3) is 9.75 Å². The molecule has 1 aromatic carbocycles. The summed E-state index contributed by atoms with van der Waals surface area (Å²) >= 11 is 3.04. The van der Waals surface area contributed by atoms with Crippen molar-refractivity contribution < 1.29 is 9.90 Å². The van der Waals surface area contributed by atoms with E-state index >= 15 is 0 Å². The number of anilines is 2. The number of nitrogens with one attached hydrogen (secondary N) is 1. The summed E-state index contributed by atoms with van der Waals surface area (Å²) in [5.74, 6) is -0.878. The van der Waals surface area contributed by atoms with Crippen molar-refractivity contribution in [1.82, 2.24) is 0 Å². The summed E-state index contributed by atoms with van der Waals surface area (Å²) in [5, 5.41) is 16.7. The molecule has 5 heteroatoms. The van der Waals surface area contributed by atoms with Gasteiger partial charge in [-0.2, -0.15) is 0 Å². The van der Waals surface area contributed by atoms with Crippen LogP contribution in [-0.4, -0.2) is 11.1 Å². The SMILES string of the molecule is CCCCCCCCCCCCc1ccc(Nc2ccsc2-c2sccc2C(=O)O)cc1. The average Bonchev–Trinajstić information content (AvgIpc) is 3.45. The molecule has 0 aliphatic rings. The third kappa shape index (κ3) is 7.49. The van der Waals surface area contributed by atoms with E-state index in [1.165, 1.54) is 81.1 Å². The Morgan fingerprint density at radius 1 is 0.781 bits per heavy atom. The van der Waals surface area contributed by atoms with E-state index < -0.39 is 5.97 Å². The monoisotopic (exact) mass is 469 g/mol. The van der Waals surface area contributed by atoms with Crippen LogP contribution in [0.2, 0.25) is 0 Å². The van der Waals surface area contributed by atoms with Gasteiger partial charge in [-0.05, 0) is 53.4 Å². The third-order valence-electron chi connectivity index (χ3n) is 5.82. The quantitative estimate of drug-likeness (QED) is 0.218. The highest BCUT2D eigenvalue weighted by Gasteiger charge is 2.17. The molecule has 0 saturated carbocycles. The lowest BCUT2D eigenvalue weighted by Gasteiger charge is -2.09. The molecular weight excluding hydrogens is 434 g/mol. The van der Waals surface area contributed by atoms with Gasteiger partial charge >= 0.3 is 5.97 Å². The second-order valence-electron chi connectivity index (χ2n) is 8.39. The largest absolute Gasteiger partial charge is 0.478 e. The van der Waals surface area contributed by atoms with Gasteiger partial charge in [0.05, 0.1) is 21.0 Å². The fourth-order valence-corrected chi connectivity index (χ4v) is 5.90. The molecule has 0 amide bonds. The summed E-state index contributed by atoms with van der Waals surface area (Å²) in [6.45, 7) is 2.27. The van der Waals surface area contributed by atoms with Gasteiger partial charge in [0.15, 0.2) is 0 Å². The van der Waals surface area contributed by atoms with E-state index in [2.05, 4.69) is 36.5 Å². The zero-order chi connectivity index (χ0) is 22.6. The zero-order valence-electron chi connectivity index (χ0n) is 19.1. The molecule has 32 heavy (non-hydrogen) atoms. The molecule has 0 bridgehead atoms. The molecule has 3 aromatic rings. The Hall–Kier alpha value is -2.11. The summed E-state index contributed by atoms with van der Waals surface area (Å²) < 4.78 is 0. The number of unbranched alkanes of at least 4 members (excludes halogenated alkanes) is 9. The number of aryl methyl sites for hydroxylation is 1. The molecule has 0 aliphatic heterocycles. The molecule has 0 saturated heterocycles. The van der Waals surface area contributed by atoms with E-state index in [-0.39, 0.29) is 0 Å². The van der Waals surface area contributed by atoms with Gasteiger partial charge in [0.1, 0.15) is 0 Å². The van der Waals surface area contributed by atoms with Gasteiger partial charge in [0, 0.05) is 5.69 Å². The maximum absolute atomic E-state index is 11.5. The summed E-state index contributed by atoms with van der Waals surface area (Å²) in [6, 6.07) is 12.3. The summed E-state index contributed by atoms with van der Waals surface area (Å²) in [6.07, 6.45) is 14.8. The predicted molar refractivity (Wildman–Crippen MR) is 140 cm³/mol. The van der Waals surface area contributed by atoms with Crippen LogP contribution in [0, 0.1) is 0 Å². The number of hydrogen-bond acceptors (Lipinski definition) is 4. The molecular formula is C27H35NO2S2. The average molecular weight is 470 g/mol. The number of aromatic carboxylic acids is 1. The summed E-state index contributed by atoms with van der Waals surface area (Å²) in [4.78, 5) is 13.3. The van der Waals surface area contributed by atoms with Crippen molar-refractivity contribution in [3.8, 4) is 9.75 Å². The Bertz CT molecular complexity index is 943. The smallest absolute Gasteiger partial charge is 0.337 e. The van der Waals surface area contributed by atoms with E-state index in [1.807, 2.05) is 16.8 Å². The first-order chi connectivity index (χ1) is 15.7. The third-order valence-corrected chi connectivity index (χ3v) is 7.81. The van der Waals surface area contributed by atoms with Crippen LogP contribution < -0.4 is 5.32 Å². The maximum atomic E-state index is 11.5. The van der Waals surface area contributed by atoms with Crippen molar-refractivity contribution in [2.24, 2.45) is 0 Å². The van der Waals surface area contributed by atoms with Crippen molar-refractivity contribution in [2.45, 2.75) is 77.6 Å². The minimum Gasteiger partial charge on any atom is -0.478 e. The molecule has 2 N–H and O–H groups in total. The lowest BCUT2D eigenvalue weighted by molar-refractivity contribution is 0.0698. The summed E-state index contributed by atoms with van der Waals surface area (Å²) in [7, 11) is 0. The second kappa shape index (κ2) is 13.4. The van der Waals surface area contributed by atoms with Crippen LogP contribution in [0.15, 0.2) is 47.2 Å². The van der Waals surface area contributed by atoms with Gasteiger partial charge in [-0.25, -0.2) is 4.79 Å². The number of carboxylic acids is 1. The highest BCUT2D eigenvalue weighted by Crippen LogP contribution is 2.40. The van der Waals surface area contributed by atoms with Crippen molar-refractivity contribution in [3.05, 3.63) is 58.3 Å². The molecule has 0 radical (unpaired) electrons. The van der Waals surface area contributed by atoms with Gasteiger partial charge in [0.25, 0.3) is 0 Å². The Morgan fingerprint density at radius 3 is 2.03 bits per heavy atom. The Labute approximate surface area is 200 Å². The molecule has 0 atom stereocenters. The zero-order valence-corrected chi connectivity index (χ0v) is 20.7. The lowest BCUT2D eigenvalue weighted by Crippen LogP contribution is -1.96. The van der Waals surface area contributed by atoms with Crippen molar-refractivity contribution in [2.75, 3.05) is 5.32 Å². The number of carbonyl (C=O) groups is 1. The van der Waals surface area contributed by atoms with Crippen LogP contribution in [0.4, 0.5) is 11.4 Å². The molecule has 0 spiro atoms. The fourth-order valence-electron chi connectivity index (χ4n) is 3.96. The van der Waals surface area contributed by atoms with E-state index in [1.54, 1.807) is 17.4 Å². The number of rotatable bonds is 15. The van der Waals surface area contributed by atoms with Crippen LogP contribution in [0.3, 0.4) is 0 Å². The van der Waals surface area contributed by atoms with Gasteiger partial charge in [0.2, 0.25) is 0 Å². The van der Waals surface area contributed by atoms with E-state index in [0.717, 1.165) is 27.5 Å². The maximum Gasteiger partial charge on any atom is 0.337 e. The highest BCUT2D eigenvalue weighted by atomic mass is 32.1. The van der Waals surface area contributed by atoms with Crippen LogP contribution in [0.1, 0.15) is 87.1 Å². The van der Waals surface area contributed by atoms with Gasteiger partial charge < -0.3 is 10.4 Å². The van der Waals surface area contributed by atoms with Gasteiger partial charge in [-0.1, -0.05) is 76.8 Å². The first-order valence-electron chi connectivity index (χ1n) is 11.9. The van der Waals surface area contributed by atoms with Crippen molar-refractivity contribution in [3.63, 3.8) is 0 Å². The first kappa shape index (κ1) is 24.5. The topological polar surface area (TPSA) is 49.3 Å². The van der Waals surface area contributed by atoms with Gasteiger partial charge in [-0.15, -0.1) is 22.7 Å². The standard InChI is InChI=1S/C27H35NO2S2/c1-2-3-4-5-6-7-8-9-10-11-12-21-13-15-22(16-14-21)28-24-18-20-32-26(24)25-23(27(29)30)17-19-31-25/h13-20,28H,2-12H2,1H3,(H,29,30). The number of thiophene rings is 2. The lowest BCUT2D eigenvalue weighted by atomic mass is 10.0. The van der Waals surface area contributed by atoms with Crippen molar-refractivity contribution >= 4 is 40.0 Å². The molecule has 3 nitrogen and oxygen atoms in total. The minimum atomic E-state index is -0.878. The first-order valence-corrected chi connectivity index (χ1v) is 13.7. The minimum absolute atomic E-state index is 0.368.